The summed E-state index contributed by atoms with van der Waals surface area (Å²) in [6.45, 7) is 3.54. The zero-order valence-corrected chi connectivity index (χ0v) is 12.2. The third-order valence-corrected chi connectivity index (χ3v) is 3.57. The van der Waals surface area contributed by atoms with Crippen molar-refractivity contribution >= 4 is 17.4 Å². The lowest BCUT2D eigenvalue weighted by atomic mass is 10.0. The van der Waals surface area contributed by atoms with Gasteiger partial charge in [-0.15, -0.1) is 0 Å². The molecule has 1 saturated heterocycles. The summed E-state index contributed by atoms with van der Waals surface area (Å²) in [5.41, 5.74) is 0.230. The van der Waals surface area contributed by atoms with Crippen LogP contribution in [0.5, 0.6) is 5.75 Å². The van der Waals surface area contributed by atoms with Crippen molar-refractivity contribution in [3.8, 4) is 5.75 Å². The molecule has 1 aromatic carbocycles. The number of methoxy groups -OCH3 is 1. The van der Waals surface area contributed by atoms with Crippen molar-refractivity contribution in [2.24, 2.45) is 5.92 Å². The first kappa shape index (κ1) is 15.1. The molecular weight excluding hydrogens is 274 g/mol. The molecule has 0 aliphatic carbocycles. The van der Waals surface area contributed by atoms with Crippen LogP contribution < -0.4 is 10.1 Å². The first-order valence-corrected chi connectivity index (χ1v) is 6.89. The van der Waals surface area contributed by atoms with Crippen molar-refractivity contribution in [2.75, 3.05) is 25.5 Å². The van der Waals surface area contributed by atoms with Crippen molar-refractivity contribution in [2.45, 2.75) is 19.8 Å². The summed E-state index contributed by atoms with van der Waals surface area (Å²) in [5, 5.41) is 13.7. The van der Waals surface area contributed by atoms with E-state index in [1.807, 2.05) is 0 Å². The van der Waals surface area contributed by atoms with Gasteiger partial charge in [0.05, 0.1) is 12.0 Å². The van der Waals surface area contributed by atoms with Crippen molar-refractivity contribution in [3.05, 3.63) is 28.3 Å². The summed E-state index contributed by atoms with van der Waals surface area (Å²) < 4.78 is 4.93. The van der Waals surface area contributed by atoms with E-state index >= 15 is 0 Å². The molecular formula is C14H19N3O4. The number of anilines is 1. The normalized spacial score (nSPS) is 18.2. The highest BCUT2D eigenvalue weighted by Crippen LogP contribution is 2.29. The van der Waals surface area contributed by atoms with Gasteiger partial charge in [0.15, 0.2) is 5.75 Å². The first-order chi connectivity index (χ1) is 10.0. The number of urea groups is 1. The van der Waals surface area contributed by atoms with Crippen molar-refractivity contribution < 1.29 is 14.5 Å². The van der Waals surface area contributed by atoms with Crippen LogP contribution >= 0.6 is 0 Å². The lowest BCUT2D eigenvalue weighted by Gasteiger charge is -2.30. The summed E-state index contributed by atoms with van der Waals surface area (Å²) >= 11 is 0. The van der Waals surface area contributed by atoms with E-state index in [9.17, 15) is 14.9 Å². The number of nitrogens with zero attached hydrogens (tertiary/aromatic N) is 2. The minimum atomic E-state index is -0.530. The number of amides is 2. The minimum Gasteiger partial charge on any atom is -0.490 e. The van der Waals surface area contributed by atoms with Crippen LogP contribution in [0.4, 0.5) is 16.2 Å². The predicted octanol–water partition coefficient (Wildman–Crippen LogP) is 2.87. The fourth-order valence-electron chi connectivity index (χ4n) is 2.49. The van der Waals surface area contributed by atoms with Crippen LogP contribution in [0.15, 0.2) is 18.2 Å². The molecule has 0 spiro atoms. The number of nitro groups is 1. The molecule has 7 heteroatoms. The van der Waals surface area contributed by atoms with Gasteiger partial charge in [-0.05, 0) is 30.9 Å². The van der Waals surface area contributed by atoms with E-state index in [1.54, 1.807) is 11.0 Å². The average molecular weight is 293 g/mol. The highest BCUT2D eigenvalue weighted by atomic mass is 16.6. The summed E-state index contributed by atoms with van der Waals surface area (Å²) in [7, 11) is 1.37. The molecule has 1 heterocycles. The van der Waals surface area contributed by atoms with Crippen LogP contribution in [0.1, 0.15) is 19.8 Å². The number of carbonyl (C=O) groups excluding carboxylic acids is 1. The molecule has 1 aliphatic rings. The van der Waals surface area contributed by atoms with Gasteiger partial charge in [-0.1, -0.05) is 6.92 Å². The Labute approximate surface area is 123 Å². The first-order valence-electron chi connectivity index (χ1n) is 6.89. The van der Waals surface area contributed by atoms with E-state index in [0.29, 0.717) is 24.7 Å². The topological polar surface area (TPSA) is 84.7 Å². The summed E-state index contributed by atoms with van der Waals surface area (Å²) in [4.78, 5) is 24.3. The van der Waals surface area contributed by atoms with Gasteiger partial charge in [-0.2, -0.15) is 0 Å². The number of nitro benzene ring substituents is 1. The van der Waals surface area contributed by atoms with E-state index in [1.165, 1.54) is 19.2 Å². The summed E-state index contributed by atoms with van der Waals surface area (Å²) in [6.07, 6.45) is 2.11. The second kappa shape index (κ2) is 6.43. The van der Waals surface area contributed by atoms with Gasteiger partial charge in [-0.25, -0.2) is 4.79 Å². The third kappa shape index (κ3) is 3.62. The van der Waals surface area contributed by atoms with Gasteiger partial charge in [0.1, 0.15) is 0 Å². The fourth-order valence-corrected chi connectivity index (χ4v) is 2.49. The molecule has 1 fully saturated rings. The monoisotopic (exact) mass is 293 g/mol. The van der Waals surface area contributed by atoms with Gasteiger partial charge in [0.25, 0.3) is 0 Å². The molecule has 7 nitrogen and oxygen atoms in total. The van der Waals surface area contributed by atoms with Crippen LogP contribution in [0.2, 0.25) is 0 Å². The van der Waals surface area contributed by atoms with Gasteiger partial charge in [0.2, 0.25) is 0 Å². The predicted molar refractivity (Wildman–Crippen MR) is 78.6 cm³/mol. The average Bonchev–Trinajstić information content (AvgIpc) is 2.47. The Morgan fingerprint density at radius 1 is 1.52 bits per heavy atom. The maximum atomic E-state index is 12.2. The number of piperidine rings is 1. The van der Waals surface area contributed by atoms with Gasteiger partial charge in [-0.3, -0.25) is 10.1 Å². The van der Waals surface area contributed by atoms with Crippen molar-refractivity contribution in [1.29, 1.82) is 0 Å². The number of hydrogen-bond donors (Lipinski definition) is 1. The molecule has 1 aliphatic heterocycles. The smallest absolute Gasteiger partial charge is 0.321 e. The number of hydrogen-bond acceptors (Lipinski definition) is 4. The molecule has 2 amide bonds. The Morgan fingerprint density at radius 3 is 2.90 bits per heavy atom. The maximum absolute atomic E-state index is 12.2. The summed E-state index contributed by atoms with van der Waals surface area (Å²) in [6, 6.07) is 4.16. The fraction of sp³-hybridized carbons (Fsp3) is 0.500. The van der Waals surface area contributed by atoms with Crippen molar-refractivity contribution in [3.63, 3.8) is 0 Å². The van der Waals surface area contributed by atoms with Crippen LogP contribution in [0, 0.1) is 16.0 Å². The Hall–Kier alpha value is -2.31. The molecule has 0 saturated carbocycles. The number of carbonyl (C=O) groups is 1. The van der Waals surface area contributed by atoms with Gasteiger partial charge in [0, 0.05) is 24.8 Å². The highest BCUT2D eigenvalue weighted by Gasteiger charge is 2.22. The standard InChI is InChI=1S/C14H19N3O4/c1-10-4-3-7-16(9-10)14(18)15-11-5-6-13(21-2)12(8-11)17(19)20/h5-6,8,10H,3-4,7,9H2,1-2H3,(H,15,18). The Kier molecular flexibility index (Phi) is 4.62. The van der Waals surface area contributed by atoms with E-state index in [-0.39, 0.29) is 17.5 Å². The maximum Gasteiger partial charge on any atom is 0.321 e. The molecule has 114 valence electrons. The molecule has 21 heavy (non-hydrogen) atoms. The molecule has 0 bridgehead atoms. The van der Waals surface area contributed by atoms with Crippen LogP contribution in [0.25, 0.3) is 0 Å². The van der Waals surface area contributed by atoms with E-state index in [2.05, 4.69) is 12.2 Å². The number of ether oxygens (including phenoxy) is 1. The van der Waals surface area contributed by atoms with E-state index in [0.717, 1.165) is 12.8 Å². The SMILES string of the molecule is COc1ccc(NC(=O)N2CCCC(C)C2)cc1[N+](=O)[O-]. The van der Waals surface area contributed by atoms with Crippen LogP contribution in [-0.2, 0) is 0 Å². The quantitative estimate of drug-likeness (QED) is 0.686. The van der Waals surface area contributed by atoms with E-state index in [4.69, 9.17) is 4.74 Å². The molecule has 0 aromatic heterocycles. The van der Waals surface area contributed by atoms with Gasteiger partial charge >= 0.3 is 11.7 Å². The van der Waals surface area contributed by atoms with Gasteiger partial charge < -0.3 is 15.0 Å². The zero-order chi connectivity index (χ0) is 15.4. The zero-order valence-electron chi connectivity index (χ0n) is 12.2. The number of nitrogens with one attached hydrogen (secondary N) is 1. The number of benzene rings is 1. The van der Waals surface area contributed by atoms with Crippen LogP contribution in [-0.4, -0.2) is 36.1 Å². The minimum absolute atomic E-state index is 0.165. The largest absolute Gasteiger partial charge is 0.490 e. The Morgan fingerprint density at radius 2 is 2.29 bits per heavy atom. The molecule has 1 aromatic rings. The third-order valence-electron chi connectivity index (χ3n) is 3.57. The molecule has 1 unspecified atom stereocenters. The molecule has 0 radical (unpaired) electrons. The molecule has 1 N–H and O–H groups in total. The molecule has 2 rings (SSSR count). The second-order valence-corrected chi connectivity index (χ2v) is 5.27. The van der Waals surface area contributed by atoms with E-state index < -0.39 is 4.92 Å². The number of likely N-dealkylation sites (tertiary alicyclic amines) is 1. The Bertz CT molecular complexity index is 547. The summed E-state index contributed by atoms with van der Waals surface area (Å²) in [5.74, 6) is 0.652. The second-order valence-electron chi connectivity index (χ2n) is 5.27. The lowest BCUT2D eigenvalue weighted by Crippen LogP contribution is -2.41. The number of rotatable bonds is 3. The molecule has 1 atom stereocenters. The van der Waals surface area contributed by atoms with Crippen molar-refractivity contribution in [1.82, 2.24) is 4.90 Å². The highest BCUT2D eigenvalue weighted by molar-refractivity contribution is 5.90. The van der Waals surface area contributed by atoms with Crippen LogP contribution in [0.3, 0.4) is 0 Å². The lowest BCUT2D eigenvalue weighted by molar-refractivity contribution is -0.385. The Balaban J connectivity index is 2.10.